The summed E-state index contributed by atoms with van der Waals surface area (Å²) >= 11 is 6.19. The average molecular weight is 532 g/mol. The standard InChI is InChI=1S/C30H34ClN5O2/c31-24-17-32-26-16-20(5-10-23(24)26)28(37)33-25-4-3-15-35-27(25)18-36(29(35)38)22-8-6-21(7-9-22)30(11-12-30)19-34-13-1-2-14-34/h5-10,16-17,25,27,32H,1-4,11-15,18-19H2,(H,33,37)/t25-,27-/m1/s1. The highest BCUT2D eigenvalue weighted by Crippen LogP contribution is 2.49. The highest BCUT2D eigenvalue weighted by atomic mass is 35.5. The zero-order valence-corrected chi connectivity index (χ0v) is 22.3. The molecule has 1 saturated carbocycles. The van der Waals surface area contributed by atoms with Crippen molar-refractivity contribution >= 4 is 40.1 Å². The van der Waals surface area contributed by atoms with E-state index in [9.17, 15) is 9.59 Å². The van der Waals surface area contributed by atoms with Crippen molar-refractivity contribution in [2.75, 3.05) is 37.6 Å². The van der Waals surface area contributed by atoms with Gasteiger partial charge in [0.15, 0.2) is 0 Å². The molecule has 198 valence electrons. The number of fused-ring (bicyclic) bond motifs is 2. The Labute approximate surface area is 228 Å². The van der Waals surface area contributed by atoms with E-state index in [-0.39, 0.29) is 24.0 Å². The number of urea groups is 1. The van der Waals surface area contributed by atoms with Crippen LogP contribution in [-0.4, -0.2) is 71.5 Å². The first-order valence-corrected chi connectivity index (χ1v) is 14.4. The summed E-state index contributed by atoms with van der Waals surface area (Å²) in [6, 6.07) is 14.2. The molecule has 7 nitrogen and oxygen atoms in total. The first-order chi connectivity index (χ1) is 18.5. The molecule has 2 N–H and O–H groups in total. The number of halogens is 1. The van der Waals surface area contributed by atoms with Gasteiger partial charge in [0.1, 0.15) is 0 Å². The molecule has 8 heteroatoms. The summed E-state index contributed by atoms with van der Waals surface area (Å²) in [7, 11) is 0. The quantitative estimate of drug-likeness (QED) is 0.462. The molecule has 0 radical (unpaired) electrons. The minimum atomic E-state index is -0.118. The lowest BCUT2D eigenvalue weighted by Crippen LogP contribution is -2.54. The number of amides is 3. The van der Waals surface area contributed by atoms with Crippen LogP contribution in [0.15, 0.2) is 48.7 Å². The summed E-state index contributed by atoms with van der Waals surface area (Å²) in [4.78, 5) is 36.2. The van der Waals surface area contributed by atoms with Crippen LogP contribution in [0.25, 0.3) is 10.9 Å². The van der Waals surface area contributed by atoms with Gasteiger partial charge in [-0.05, 0) is 81.4 Å². The second-order valence-electron chi connectivity index (χ2n) is 11.6. The maximum atomic E-state index is 13.4. The van der Waals surface area contributed by atoms with Gasteiger partial charge in [-0.15, -0.1) is 0 Å². The molecule has 4 heterocycles. The van der Waals surface area contributed by atoms with Crippen LogP contribution in [-0.2, 0) is 5.41 Å². The van der Waals surface area contributed by atoms with Gasteiger partial charge in [-0.3, -0.25) is 9.69 Å². The van der Waals surface area contributed by atoms with Gasteiger partial charge in [-0.1, -0.05) is 29.8 Å². The zero-order chi connectivity index (χ0) is 25.9. The van der Waals surface area contributed by atoms with E-state index < -0.39 is 0 Å². The minimum Gasteiger partial charge on any atom is -0.360 e. The topological polar surface area (TPSA) is 71.7 Å². The minimum absolute atomic E-state index is 0.0338. The highest BCUT2D eigenvalue weighted by molar-refractivity contribution is 6.35. The second kappa shape index (κ2) is 9.31. The van der Waals surface area contributed by atoms with Gasteiger partial charge in [0.05, 0.1) is 23.7 Å². The molecule has 3 amide bonds. The number of nitrogens with zero attached hydrogens (tertiary/aromatic N) is 3. The molecule has 3 aromatic rings. The molecule has 3 saturated heterocycles. The number of nitrogens with one attached hydrogen (secondary N) is 2. The Balaban J connectivity index is 1.05. The van der Waals surface area contributed by atoms with Crippen molar-refractivity contribution in [3.8, 4) is 0 Å². The fourth-order valence-electron chi connectivity index (χ4n) is 6.86. The number of hydrogen-bond donors (Lipinski definition) is 2. The molecule has 1 aliphatic carbocycles. The van der Waals surface area contributed by atoms with Crippen molar-refractivity contribution in [3.05, 3.63) is 64.8 Å². The molecular formula is C30H34ClN5O2. The van der Waals surface area contributed by atoms with Gasteiger partial charge < -0.3 is 20.1 Å². The monoisotopic (exact) mass is 531 g/mol. The van der Waals surface area contributed by atoms with Crippen molar-refractivity contribution < 1.29 is 9.59 Å². The van der Waals surface area contributed by atoms with Crippen LogP contribution in [0.4, 0.5) is 10.5 Å². The van der Waals surface area contributed by atoms with Crippen molar-refractivity contribution in [1.29, 1.82) is 0 Å². The van der Waals surface area contributed by atoms with Crippen molar-refractivity contribution in [1.82, 2.24) is 20.1 Å². The number of likely N-dealkylation sites (tertiary alicyclic amines) is 1. The Bertz CT molecular complexity index is 1380. The Morgan fingerprint density at radius 1 is 1.05 bits per heavy atom. The van der Waals surface area contributed by atoms with Gasteiger partial charge in [0, 0.05) is 46.9 Å². The van der Waals surface area contributed by atoms with E-state index in [1.807, 2.05) is 28.0 Å². The van der Waals surface area contributed by atoms with Crippen molar-refractivity contribution in [2.45, 2.75) is 56.0 Å². The number of piperidine rings is 1. The van der Waals surface area contributed by atoms with Gasteiger partial charge in [-0.25, -0.2) is 4.79 Å². The molecule has 2 atom stereocenters. The number of H-pyrrole nitrogens is 1. The maximum Gasteiger partial charge on any atom is 0.324 e. The van der Waals surface area contributed by atoms with Crippen LogP contribution in [0, 0.1) is 0 Å². The number of carbonyl (C=O) groups excluding carboxylic acids is 2. The number of aromatic amines is 1. The number of aromatic nitrogens is 1. The predicted molar refractivity (Wildman–Crippen MR) is 150 cm³/mol. The first-order valence-electron chi connectivity index (χ1n) is 14.0. The van der Waals surface area contributed by atoms with Gasteiger partial charge >= 0.3 is 6.03 Å². The molecule has 0 spiro atoms. The van der Waals surface area contributed by atoms with Gasteiger partial charge in [0.25, 0.3) is 5.91 Å². The third-order valence-electron chi connectivity index (χ3n) is 9.20. The number of hydrogen-bond acceptors (Lipinski definition) is 3. The highest BCUT2D eigenvalue weighted by Gasteiger charge is 2.47. The second-order valence-corrected chi connectivity index (χ2v) is 12.0. The Kier molecular flexibility index (Phi) is 5.89. The summed E-state index contributed by atoms with van der Waals surface area (Å²) in [6.45, 7) is 4.94. The van der Waals surface area contributed by atoms with E-state index in [2.05, 4.69) is 39.5 Å². The van der Waals surface area contributed by atoms with Crippen LogP contribution in [0.2, 0.25) is 5.02 Å². The summed E-state index contributed by atoms with van der Waals surface area (Å²) in [5, 5.41) is 4.78. The van der Waals surface area contributed by atoms with Crippen LogP contribution < -0.4 is 10.2 Å². The molecule has 0 unspecified atom stereocenters. The van der Waals surface area contributed by atoms with Crippen LogP contribution >= 0.6 is 11.6 Å². The number of carbonyl (C=O) groups is 2. The Morgan fingerprint density at radius 2 is 1.84 bits per heavy atom. The molecule has 4 aliphatic rings. The van der Waals surface area contributed by atoms with E-state index in [0.29, 0.717) is 22.5 Å². The summed E-state index contributed by atoms with van der Waals surface area (Å²) in [5.74, 6) is -0.118. The normalized spacial score (nSPS) is 24.7. The van der Waals surface area contributed by atoms with E-state index in [1.165, 1.54) is 44.3 Å². The fourth-order valence-corrected chi connectivity index (χ4v) is 7.08. The van der Waals surface area contributed by atoms with Crippen molar-refractivity contribution in [3.63, 3.8) is 0 Å². The fraction of sp³-hybridized carbons (Fsp3) is 0.467. The summed E-state index contributed by atoms with van der Waals surface area (Å²) in [5.41, 5.74) is 4.09. The van der Waals surface area contributed by atoms with Crippen LogP contribution in [0.5, 0.6) is 0 Å². The first kappa shape index (κ1) is 24.0. The molecule has 2 aromatic carbocycles. The number of rotatable bonds is 6. The lowest BCUT2D eigenvalue weighted by Gasteiger charge is -2.35. The lowest BCUT2D eigenvalue weighted by molar-refractivity contribution is 0.0887. The number of anilines is 1. The van der Waals surface area contributed by atoms with E-state index in [4.69, 9.17) is 11.6 Å². The van der Waals surface area contributed by atoms with Gasteiger partial charge in [-0.2, -0.15) is 0 Å². The Hall–Kier alpha value is -3.03. The van der Waals surface area contributed by atoms with E-state index >= 15 is 0 Å². The molecule has 38 heavy (non-hydrogen) atoms. The SMILES string of the molecule is O=C(N[C@@H]1CCCN2C(=O)N(c3ccc(C4(CN5CCCC5)CC4)cc3)C[C@H]12)c1ccc2c(Cl)c[nH]c2c1. The van der Waals surface area contributed by atoms with E-state index in [1.54, 1.807) is 6.20 Å². The van der Waals surface area contributed by atoms with Crippen LogP contribution in [0.3, 0.4) is 0 Å². The molecule has 1 aromatic heterocycles. The van der Waals surface area contributed by atoms with E-state index in [0.717, 1.165) is 42.5 Å². The van der Waals surface area contributed by atoms with Gasteiger partial charge in [0.2, 0.25) is 0 Å². The molecule has 4 fully saturated rings. The van der Waals surface area contributed by atoms with Crippen molar-refractivity contribution in [2.24, 2.45) is 0 Å². The summed E-state index contributed by atoms with van der Waals surface area (Å²) < 4.78 is 0. The number of benzene rings is 2. The predicted octanol–water partition coefficient (Wildman–Crippen LogP) is 5.15. The molecule has 0 bridgehead atoms. The largest absolute Gasteiger partial charge is 0.360 e. The third kappa shape index (κ3) is 4.16. The molecular weight excluding hydrogens is 498 g/mol. The zero-order valence-electron chi connectivity index (χ0n) is 21.6. The summed E-state index contributed by atoms with van der Waals surface area (Å²) in [6.07, 6.45) is 8.63. The molecule has 7 rings (SSSR count). The third-order valence-corrected chi connectivity index (χ3v) is 9.52. The maximum absolute atomic E-state index is 13.4. The average Bonchev–Trinajstić information content (AvgIpc) is 3.22. The van der Waals surface area contributed by atoms with Crippen LogP contribution in [0.1, 0.15) is 54.4 Å². The molecule has 3 aliphatic heterocycles. The smallest absolute Gasteiger partial charge is 0.324 e. The Morgan fingerprint density at radius 3 is 2.61 bits per heavy atom. The lowest BCUT2D eigenvalue weighted by atomic mass is 9.95.